The molecule has 2 heteroatoms. The molecule has 37 heavy (non-hydrogen) atoms. The van der Waals surface area contributed by atoms with E-state index in [4.69, 9.17) is 0 Å². The van der Waals surface area contributed by atoms with E-state index in [0.29, 0.717) is 0 Å². The zero-order chi connectivity index (χ0) is 26.7. The van der Waals surface area contributed by atoms with E-state index in [1.807, 2.05) is 0 Å². The van der Waals surface area contributed by atoms with Crippen molar-refractivity contribution in [3.63, 3.8) is 0 Å². The molecule has 0 spiro atoms. The largest absolute Gasteiger partial charge is 0.256 e. The summed E-state index contributed by atoms with van der Waals surface area (Å²) in [5, 5.41) is 0. The van der Waals surface area contributed by atoms with Gasteiger partial charge in [-0.25, -0.2) is 9.13 Å². The summed E-state index contributed by atoms with van der Waals surface area (Å²) in [6.07, 6.45) is 44.7. The van der Waals surface area contributed by atoms with Crippen molar-refractivity contribution < 1.29 is 4.57 Å². The van der Waals surface area contributed by atoms with Crippen molar-refractivity contribution >= 4 is 0 Å². The van der Waals surface area contributed by atoms with Crippen LogP contribution in [0.3, 0.4) is 0 Å². The molecule has 0 amide bonds. The van der Waals surface area contributed by atoms with Gasteiger partial charge in [0.25, 0.3) is 5.82 Å². The Labute approximate surface area is 234 Å². The maximum absolute atomic E-state index is 2.54. The number of unbranched alkanes of at least 4 members (excludes halogenated alkanes) is 25. The summed E-state index contributed by atoms with van der Waals surface area (Å²) in [5.41, 5.74) is 0. The van der Waals surface area contributed by atoms with Crippen LogP contribution in [0.1, 0.15) is 193 Å². The number of imidazole rings is 1. The van der Waals surface area contributed by atoms with Crippen LogP contribution < -0.4 is 4.57 Å². The van der Waals surface area contributed by atoms with Crippen molar-refractivity contribution in [2.75, 3.05) is 0 Å². The summed E-state index contributed by atoms with van der Waals surface area (Å²) in [7, 11) is 2.23. The monoisotopic (exact) mass is 518 g/mol. The van der Waals surface area contributed by atoms with Crippen LogP contribution >= 0.6 is 0 Å². The molecule has 0 aliphatic carbocycles. The Bertz CT molecular complexity index is 576. The van der Waals surface area contributed by atoms with E-state index in [1.54, 1.807) is 0 Å². The minimum absolute atomic E-state index is 1.21. The molecule has 0 fully saturated rings. The van der Waals surface area contributed by atoms with E-state index in [-0.39, 0.29) is 0 Å². The van der Waals surface area contributed by atoms with Crippen molar-refractivity contribution in [3.8, 4) is 0 Å². The molecule has 0 aromatic carbocycles. The first-order valence-corrected chi connectivity index (χ1v) is 17.3. The molecule has 0 aliphatic rings. The molecule has 1 heterocycles. The third kappa shape index (κ3) is 20.8. The van der Waals surface area contributed by atoms with Gasteiger partial charge in [-0.05, 0) is 19.3 Å². The molecule has 218 valence electrons. The molecule has 0 saturated heterocycles. The fourth-order valence-electron chi connectivity index (χ4n) is 5.86. The van der Waals surface area contributed by atoms with Crippen LogP contribution in [-0.2, 0) is 20.0 Å². The summed E-state index contributed by atoms with van der Waals surface area (Å²) < 4.78 is 4.90. The Balaban J connectivity index is 1.91. The molecule has 0 saturated carbocycles. The van der Waals surface area contributed by atoms with E-state index in [1.165, 1.54) is 192 Å². The number of aromatic nitrogens is 2. The molecule has 0 aliphatic heterocycles. The molecule has 1 rings (SSSR count). The second kappa shape index (κ2) is 26.8. The quantitative estimate of drug-likeness (QED) is 0.0737. The van der Waals surface area contributed by atoms with E-state index < -0.39 is 0 Å². The molecule has 0 radical (unpaired) electrons. The molecule has 0 unspecified atom stereocenters. The maximum Gasteiger partial charge on any atom is 0.256 e. The van der Waals surface area contributed by atoms with E-state index in [2.05, 4.69) is 42.4 Å². The van der Waals surface area contributed by atoms with Crippen molar-refractivity contribution in [1.82, 2.24) is 4.57 Å². The van der Waals surface area contributed by atoms with Crippen LogP contribution in [0.5, 0.6) is 0 Å². The van der Waals surface area contributed by atoms with Crippen molar-refractivity contribution in [2.24, 2.45) is 7.05 Å². The molecule has 0 N–H and O–H groups in total. The van der Waals surface area contributed by atoms with Gasteiger partial charge in [-0.15, -0.1) is 0 Å². The highest BCUT2D eigenvalue weighted by Crippen LogP contribution is 2.15. The van der Waals surface area contributed by atoms with E-state index in [0.717, 1.165) is 0 Å². The van der Waals surface area contributed by atoms with Crippen molar-refractivity contribution in [2.45, 2.75) is 200 Å². The number of hydrogen-bond acceptors (Lipinski definition) is 0. The van der Waals surface area contributed by atoms with Crippen molar-refractivity contribution in [1.29, 1.82) is 0 Å². The zero-order valence-electron chi connectivity index (χ0n) is 26.1. The van der Waals surface area contributed by atoms with Gasteiger partial charge >= 0.3 is 0 Å². The third-order valence-electron chi connectivity index (χ3n) is 8.47. The topological polar surface area (TPSA) is 8.81 Å². The number of hydrogen-bond donors (Lipinski definition) is 0. The summed E-state index contributed by atoms with van der Waals surface area (Å²) in [6.45, 7) is 5.82. The zero-order valence-corrected chi connectivity index (χ0v) is 26.1. The second-order valence-electron chi connectivity index (χ2n) is 12.1. The number of rotatable bonds is 29. The molecular weight excluding hydrogens is 448 g/mol. The lowest BCUT2D eigenvalue weighted by molar-refractivity contribution is -0.704. The number of nitrogens with zero attached hydrogens (tertiary/aromatic N) is 2. The van der Waals surface area contributed by atoms with E-state index >= 15 is 0 Å². The van der Waals surface area contributed by atoms with Gasteiger partial charge in [-0.1, -0.05) is 168 Å². The first-order valence-electron chi connectivity index (χ1n) is 17.3. The first kappa shape index (κ1) is 34.2. The van der Waals surface area contributed by atoms with Gasteiger partial charge < -0.3 is 0 Å². The van der Waals surface area contributed by atoms with Crippen LogP contribution in [0.25, 0.3) is 0 Å². The SMILES string of the molecule is CCCCCCCCCCCCCCCCCCC[n+]1ccn(C)c1CCCCCCCCCCCC. The lowest BCUT2D eigenvalue weighted by Crippen LogP contribution is -2.37. The predicted octanol–water partition coefficient (Wildman–Crippen LogP) is 11.4. The van der Waals surface area contributed by atoms with Crippen LogP contribution in [-0.4, -0.2) is 4.57 Å². The molecule has 1 aromatic heterocycles. The molecule has 0 atom stereocenters. The van der Waals surface area contributed by atoms with Gasteiger partial charge in [0.2, 0.25) is 0 Å². The van der Waals surface area contributed by atoms with Gasteiger partial charge in [0.15, 0.2) is 0 Å². The minimum Gasteiger partial charge on any atom is -0.237 e. The highest BCUT2D eigenvalue weighted by atomic mass is 15.1. The Morgan fingerprint density at radius 2 is 0.784 bits per heavy atom. The van der Waals surface area contributed by atoms with Crippen molar-refractivity contribution in [3.05, 3.63) is 18.2 Å². The molecule has 1 aromatic rings. The molecule has 2 nitrogen and oxygen atoms in total. The first-order chi connectivity index (χ1) is 18.3. The average molecular weight is 518 g/mol. The maximum atomic E-state index is 2.54. The summed E-state index contributed by atoms with van der Waals surface area (Å²) in [5.74, 6) is 1.54. The lowest BCUT2D eigenvalue weighted by Gasteiger charge is -2.05. The summed E-state index contributed by atoms with van der Waals surface area (Å²) in [6, 6.07) is 0. The summed E-state index contributed by atoms with van der Waals surface area (Å²) in [4.78, 5) is 0. The van der Waals surface area contributed by atoms with Crippen LogP contribution in [0.4, 0.5) is 0 Å². The van der Waals surface area contributed by atoms with Gasteiger partial charge in [-0.2, -0.15) is 0 Å². The molecular formula is C35H69N2+. The predicted molar refractivity (Wildman–Crippen MR) is 165 cm³/mol. The van der Waals surface area contributed by atoms with Gasteiger partial charge in [0.05, 0.1) is 13.6 Å². The highest BCUT2D eigenvalue weighted by Gasteiger charge is 2.13. The Kier molecular flexibility index (Phi) is 24.8. The smallest absolute Gasteiger partial charge is 0.237 e. The second-order valence-corrected chi connectivity index (χ2v) is 12.1. The van der Waals surface area contributed by atoms with Gasteiger partial charge in [0, 0.05) is 6.42 Å². The third-order valence-corrected chi connectivity index (χ3v) is 8.47. The lowest BCUT2D eigenvalue weighted by atomic mass is 10.0. The summed E-state index contributed by atoms with van der Waals surface area (Å²) >= 11 is 0. The fourth-order valence-corrected chi connectivity index (χ4v) is 5.86. The standard InChI is InChI=1S/C35H69N2/c1-4-6-8-10-12-14-16-17-18-19-20-21-22-24-26-28-30-32-37-34-33-36(3)35(37)31-29-27-25-23-15-13-11-9-7-5-2/h33-34H,4-32H2,1-3H3/q+1. The number of aryl methyl sites for hydroxylation is 2. The normalized spacial score (nSPS) is 11.5. The Morgan fingerprint density at radius 3 is 1.16 bits per heavy atom. The van der Waals surface area contributed by atoms with Crippen LogP contribution in [0, 0.1) is 0 Å². The van der Waals surface area contributed by atoms with Crippen LogP contribution in [0.2, 0.25) is 0 Å². The Hall–Kier alpha value is -0.790. The highest BCUT2D eigenvalue weighted by molar-refractivity contribution is 4.82. The Morgan fingerprint density at radius 1 is 0.459 bits per heavy atom. The molecule has 0 bridgehead atoms. The van der Waals surface area contributed by atoms with Gasteiger partial charge in [0.1, 0.15) is 12.4 Å². The minimum atomic E-state index is 1.21. The van der Waals surface area contributed by atoms with Crippen LogP contribution in [0.15, 0.2) is 12.4 Å². The van der Waals surface area contributed by atoms with E-state index in [9.17, 15) is 0 Å². The fraction of sp³-hybridized carbons (Fsp3) is 0.914. The van der Waals surface area contributed by atoms with Gasteiger partial charge in [-0.3, -0.25) is 0 Å². The average Bonchev–Trinajstić information content (AvgIpc) is 3.25.